The van der Waals surface area contributed by atoms with Crippen LogP contribution in [0.4, 0.5) is 17.5 Å². The molecule has 21 heavy (non-hydrogen) atoms. The van der Waals surface area contributed by atoms with Crippen molar-refractivity contribution in [1.29, 1.82) is 5.41 Å². The second-order valence-electron chi connectivity index (χ2n) is 3.89. The van der Waals surface area contributed by atoms with E-state index in [4.69, 9.17) is 16.9 Å². The largest absolute Gasteiger partial charge is 0.380 e. The van der Waals surface area contributed by atoms with E-state index in [0.717, 1.165) is 30.4 Å². The summed E-state index contributed by atoms with van der Waals surface area (Å²) in [6, 6.07) is 1.66. The molecule has 0 aliphatic carbocycles. The Morgan fingerprint density at radius 1 is 1.43 bits per heavy atom. The first-order valence-corrected chi connectivity index (χ1v) is 7.75. The number of hydrogen-bond donors (Lipinski definition) is 5. The van der Waals surface area contributed by atoms with Crippen LogP contribution in [0.25, 0.3) is 0 Å². The lowest BCUT2D eigenvalue weighted by molar-refractivity contribution is 0.950. The van der Waals surface area contributed by atoms with Gasteiger partial charge in [0.15, 0.2) is 22.8 Å². The molecule has 2 heterocycles. The summed E-state index contributed by atoms with van der Waals surface area (Å²) in [6.07, 6.45) is 2.52. The van der Waals surface area contributed by atoms with Crippen LogP contribution in [0.5, 0.6) is 0 Å². The van der Waals surface area contributed by atoms with Crippen LogP contribution < -0.4 is 22.1 Å². The highest BCUT2D eigenvalue weighted by molar-refractivity contribution is 7.99. The Bertz CT molecular complexity index is 600. The molecule has 0 saturated heterocycles. The number of guanidine groups is 1. The van der Waals surface area contributed by atoms with Crippen molar-refractivity contribution in [3.63, 3.8) is 0 Å². The number of anilines is 3. The van der Waals surface area contributed by atoms with Crippen molar-refractivity contribution < 1.29 is 0 Å². The summed E-state index contributed by atoms with van der Waals surface area (Å²) >= 11 is 2.61. The first-order chi connectivity index (χ1) is 10.1. The molecule has 0 atom stereocenters. The van der Waals surface area contributed by atoms with Gasteiger partial charge in [-0.25, -0.2) is 9.97 Å². The molecule has 0 spiro atoms. The number of rotatable bonds is 7. The monoisotopic (exact) mass is 325 g/mol. The molecule has 0 radical (unpaired) electrons. The minimum Gasteiger partial charge on any atom is -0.380 e. The Kier molecular flexibility index (Phi) is 5.51. The third kappa shape index (κ3) is 5.04. The molecule has 0 aromatic carbocycles. The minimum absolute atomic E-state index is 0.150. The van der Waals surface area contributed by atoms with E-state index in [1.54, 1.807) is 12.3 Å². The van der Waals surface area contributed by atoms with Crippen LogP contribution in [0.2, 0.25) is 0 Å². The second kappa shape index (κ2) is 7.59. The summed E-state index contributed by atoms with van der Waals surface area (Å²) in [5.74, 6) is 2.27. The average Bonchev–Trinajstić information content (AvgIpc) is 2.84. The zero-order chi connectivity index (χ0) is 15.1. The molecule has 0 unspecified atom stereocenters. The average molecular weight is 325 g/mol. The molecule has 0 aliphatic rings. The highest BCUT2D eigenvalue weighted by atomic mass is 32.2. The fourth-order valence-electron chi connectivity index (χ4n) is 1.38. The van der Waals surface area contributed by atoms with E-state index in [1.165, 1.54) is 11.8 Å². The van der Waals surface area contributed by atoms with Crippen molar-refractivity contribution in [2.75, 3.05) is 28.7 Å². The summed E-state index contributed by atoms with van der Waals surface area (Å²) in [5.41, 5.74) is 10.9. The quantitative estimate of drug-likeness (QED) is 0.164. The Balaban J connectivity index is 1.71. The van der Waals surface area contributed by atoms with Crippen LogP contribution in [0.15, 0.2) is 17.4 Å². The Labute approximate surface area is 129 Å². The van der Waals surface area contributed by atoms with Gasteiger partial charge in [-0.1, -0.05) is 11.8 Å². The summed E-state index contributed by atoms with van der Waals surface area (Å²) in [5, 5.41) is 13.5. The van der Waals surface area contributed by atoms with E-state index in [0.29, 0.717) is 22.6 Å². The van der Waals surface area contributed by atoms with Crippen LogP contribution in [0, 0.1) is 5.41 Å². The zero-order valence-electron chi connectivity index (χ0n) is 11.0. The van der Waals surface area contributed by atoms with Gasteiger partial charge in [0.25, 0.3) is 0 Å². The number of hydrogen-bond acceptors (Lipinski definition) is 9. The smallest absolute Gasteiger partial charge is 0.191 e. The standard InChI is InChI=1S/C10H15N9S2/c11-7-8(19-21-18-7)14-3-1-5-20-10-15-4-2-6(17-10)16-9(12)13/h2,4H,1,3,5H2,(H2,11,18)(H,14,19)(H4,12,13,15,16,17). The van der Waals surface area contributed by atoms with Crippen LogP contribution >= 0.6 is 23.5 Å². The maximum atomic E-state index is 7.15. The first-order valence-electron chi connectivity index (χ1n) is 6.04. The molecule has 0 amide bonds. The number of nitrogens with two attached hydrogens (primary N) is 2. The molecule has 2 rings (SSSR count). The molecule has 112 valence electrons. The molecule has 0 bridgehead atoms. The van der Waals surface area contributed by atoms with Crippen LogP contribution in [-0.4, -0.2) is 37.0 Å². The van der Waals surface area contributed by atoms with Gasteiger partial charge in [0, 0.05) is 18.5 Å². The molecule has 0 saturated carbocycles. The van der Waals surface area contributed by atoms with Crippen molar-refractivity contribution in [3.05, 3.63) is 12.3 Å². The van der Waals surface area contributed by atoms with Crippen LogP contribution in [0.3, 0.4) is 0 Å². The van der Waals surface area contributed by atoms with Crippen molar-refractivity contribution in [3.8, 4) is 0 Å². The van der Waals surface area contributed by atoms with Gasteiger partial charge in [-0.15, -0.1) is 0 Å². The Morgan fingerprint density at radius 3 is 3.00 bits per heavy atom. The lowest BCUT2D eigenvalue weighted by Crippen LogP contribution is -2.21. The number of nitrogens with one attached hydrogen (secondary N) is 3. The molecule has 2 aromatic heterocycles. The van der Waals surface area contributed by atoms with Crippen molar-refractivity contribution in [2.45, 2.75) is 11.6 Å². The SMILES string of the molecule is N=C(N)Nc1ccnc(SCCCNc2nsnc2N)n1. The van der Waals surface area contributed by atoms with E-state index in [2.05, 4.69) is 29.3 Å². The predicted octanol–water partition coefficient (Wildman–Crippen LogP) is 0.810. The summed E-state index contributed by atoms with van der Waals surface area (Å²) in [4.78, 5) is 8.38. The van der Waals surface area contributed by atoms with Crippen molar-refractivity contribution in [1.82, 2.24) is 18.7 Å². The summed E-state index contributed by atoms with van der Waals surface area (Å²) < 4.78 is 7.92. The van der Waals surface area contributed by atoms with Crippen molar-refractivity contribution >= 4 is 46.9 Å². The Hall–Kier alpha value is -2.14. The third-order valence-corrected chi connectivity index (χ3v) is 3.75. The van der Waals surface area contributed by atoms with Crippen molar-refractivity contribution in [2.24, 2.45) is 5.73 Å². The molecule has 0 fully saturated rings. The highest BCUT2D eigenvalue weighted by Gasteiger charge is 2.03. The third-order valence-electron chi connectivity index (χ3n) is 2.25. The normalized spacial score (nSPS) is 10.3. The minimum atomic E-state index is -0.150. The van der Waals surface area contributed by atoms with Crippen LogP contribution in [0.1, 0.15) is 6.42 Å². The highest BCUT2D eigenvalue weighted by Crippen LogP contribution is 2.16. The number of thioether (sulfide) groups is 1. The van der Waals surface area contributed by atoms with Gasteiger partial charge < -0.3 is 22.1 Å². The van der Waals surface area contributed by atoms with Gasteiger partial charge in [0.1, 0.15) is 5.82 Å². The molecule has 7 N–H and O–H groups in total. The number of aromatic nitrogens is 4. The maximum Gasteiger partial charge on any atom is 0.191 e. The topological polar surface area (TPSA) is 152 Å². The summed E-state index contributed by atoms with van der Waals surface area (Å²) in [7, 11) is 0. The van der Waals surface area contributed by atoms with Gasteiger partial charge in [0.2, 0.25) is 0 Å². The molecule has 11 heteroatoms. The van der Waals surface area contributed by atoms with E-state index in [1.807, 2.05) is 0 Å². The van der Waals surface area contributed by atoms with Gasteiger partial charge in [0.05, 0.1) is 11.7 Å². The van der Waals surface area contributed by atoms with Gasteiger partial charge in [-0.05, 0) is 12.5 Å². The lowest BCUT2D eigenvalue weighted by Gasteiger charge is -2.05. The van der Waals surface area contributed by atoms with E-state index in [-0.39, 0.29) is 5.96 Å². The molecule has 0 aliphatic heterocycles. The van der Waals surface area contributed by atoms with Gasteiger partial charge in [-0.3, -0.25) is 5.41 Å². The second-order valence-corrected chi connectivity index (χ2v) is 5.48. The lowest BCUT2D eigenvalue weighted by atomic mass is 10.5. The van der Waals surface area contributed by atoms with E-state index >= 15 is 0 Å². The summed E-state index contributed by atoms with van der Waals surface area (Å²) in [6.45, 7) is 0.744. The molecule has 9 nitrogen and oxygen atoms in total. The van der Waals surface area contributed by atoms with E-state index in [9.17, 15) is 0 Å². The molecular weight excluding hydrogens is 310 g/mol. The Morgan fingerprint density at radius 2 is 2.29 bits per heavy atom. The number of nitrogen functional groups attached to an aromatic ring is 1. The van der Waals surface area contributed by atoms with E-state index < -0.39 is 0 Å². The predicted molar refractivity (Wildman–Crippen MR) is 85.7 cm³/mol. The first kappa shape index (κ1) is 15.3. The van der Waals surface area contributed by atoms with Crippen LogP contribution in [-0.2, 0) is 0 Å². The molecule has 2 aromatic rings. The van der Waals surface area contributed by atoms with Gasteiger partial charge >= 0.3 is 0 Å². The number of nitrogens with zero attached hydrogens (tertiary/aromatic N) is 4. The fourth-order valence-corrected chi connectivity index (χ4v) is 2.60. The molecular formula is C10H15N9S2. The zero-order valence-corrected chi connectivity index (χ0v) is 12.7. The maximum absolute atomic E-state index is 7.15. The fraction of sp³-hybridized carbons (Fsp3) is 0.300. The van der Waals surface area contributed by atoms with Gasteiger partial charge in [-0.2, -0.15) is 8.75 Å².